The summed E-state index contributed by atoms with van der Waals surface area (Å²) in [5, 5.41) is 15.2. The van der Waals surface area contributed by atoms with Gasteiger partial charge in [0.15, 0.2) is 5.13 Å². The molecule has 0 unspecified atom stereocenters. The summed E-state index contributed by atoms with van der Waals surface area (Å²) in [4.78, 5) is 27.5. The van der Waals surface area contributed by atoms with Crippen LogP contribution in [0.5, 0.6) is 5.75 Å². The highest BCUT2D eigenvalue weighted by Crippen LogP contribution is 2.25. The molecule has 0 fully saturated rings. The molecule has 0 spiro atoms. The number of hydrogen-bond donors (Lipinski definition) is 2. The van der Waals surface area contributed by atoms with Crippen molar-refractivity contribution < 1.29 is 14.3 Å². The van der Waals surface area contributed by atoms with E-state index in [9.17, 15) is 14.7 Å². The Morgan fingerprint density at radius 3 is 2.96 bits per heavy atom. The number of benzene rings is 1. The van der Waals surface area contributed by atoms with Gasteiger partial charge in [-0.15, -0.1) is 11.3 Å². The number of fused-ring (bicyclic) bond motifs is 1. The van der Waals surface area contributed by atoms with E-state index in [1.807, 2.05) is 6.92 Å². The smallest absolute Gasteiger partial charge is 0.340 e. The van der Waals surface area contributed by atoms with Crippen LogP contribution in [0.4, 0.5) is 5.13 Å². The molecule has 3 rings (SSSR count). The Kier molecular flexibility index (Phi) is 3.87. The molecule has 0 saturated carbocycles. The van der Waals surface area contributed by atoms with Crippen LogP contribution >= 0.6 is 11.3 Å². The van der Waals surface area contributed by atoms with E-state index in [4.69, 9.17) is 4.42 Å². The SMILES string of the molecule is CC(=O)Nc1nc(Cc2c(C)c3ccc(O)cc3oc2=O)cs1. The number of hydrogen-bond acceptors (Lipinski definition) is 6. The molecule has 0 aliphatic heterocycles. The lowest BCUT2D eigenvalue weighted by atomic mass is 10.0. The molecule has 7 heteroatoms. The summed E-state index contributed by atoms with van der Waals surface area (Å²) in [5.74, 6) is -0.139. The zero-order valence-electron chi connectivity index (χ0n) is 12.5. The minimum Gasteiger partial charge on any atom is -0.508 e. The number of phenolic OH excluding ortho intramolecular Hbond substituents is 1. The van der Waals surface area contributed by atoms with E-state index in [0.717, 1.165) is 10.9 Å². The zero-order chi connectivity index (χ0) is 16.6. The summed E-state index contributed by atoms with van der Waals surface area (Å²) in [6.07, 6.45) is 0.321. The van der Waals surface area contributed by atoms with Crippen molar-refractivity contribution in [3.05, 3.63) is 50.8 Å². The highest BCUT2D eigenvalue weighted by Gasteiger charge is 2.14. The molecule has 1 amide bonds. The zero-order valence-corrected chi connectivity index (χ0v) is 13.4. The maximum atomic E-state index is 12.2. The monoisotopic (exact) mass is 330 g/mol. The maximum absolute atomic E-state index is 12.2. The van der Waals surface area contributed by atoms with E-state index in [-0.39, 0.29) is 11.7 Å². The molecule has 3 aromatic rings. The molecule has 6 nitrogen and oxygen atoms in total. The Balaban J connectivity index is 2.00. The fourth-order valence-electron chi connectivity index (χ4n) is 2.36. The molecule has 0 aliphatic rings. The number of aromatic hydroxyl groups is 1. The van der Waals surface area contributed by atoms with Crippen LogP contribution in [0.3, 0.4) is 0 Å². The van der Waals surface area contributed by atoms with E-state index in [1.54, 1.807) is 17.5 Å². The number of anilines is 1. The average Bonchev–Trinajstić information content (AvgIpc) is 2.89. The van der Waals surface area contributed by atoms with E-state index < -0.39 is 5.63 Å². The number of nitrogens with one attached hydrogen (secondary N) is 1. The fraction of sp³-hybridized carbons (Fsp3) is 0.188. The Morgan fingerprint density at radius 2 is 2.22 bits per heavy atom. The number of aryl methyl sites for hydroxylation is 1. The van der Waals surface area contributed by atoms with Gasteiger partial charge in [-0.1, -0.05) is 0 Å². The van der Waals surface area contributed by atoms with Crippen LogP contribution in [0.2, 0.25) is 0 Å². The number of phenols is 1. The van der Waals surface area contributed by atoms with Crippen LogP contribution in [-0.2, 0) is 11.2 Å². The van der Waals surface area contributed by atoms with Crippen LogP contribution < -0.4 is 10.9 Å². The summed E-state index contributed by atoms with van der Waals surface area (Å²) in [6.45, 7) is 3.26. The molecule has 0 radical (unpaired) electrons. The van der Waals surface area contributed by atoms with Gasteiger partial charge in [0.2, 0.25) is 5.91 Å². The van der Waals surface area contributed by atoms with Gasteiger partial charge in [0.1, 0.15) is 11.3 Å². The standard InChI is InChI=1S/C16H14N2O4S/c1-8-12-4-3-11(20)6-14(12)22-15(21)13(8)5-10-7-23-16(18-10)17-9(2)19/h3-4,6-7,20H,5H2,1-2H3,(H,17,18,19). The summed E-state index contributed by atoms with van der Waals surface area (Å²) in [6, 6.07) is 4.69. The molecule has 23 heavy (non-hydrogen) atoms. The summed E-state index contributed by atoms with van der Waals surface area (Å²) < 4.78 is 5.29. The van der Waals surface area contributed by atoms with Gasteiger partial charge in [-0.3, -0.25) is 4.79 Å². The van der Waals surface area contributed by atoms with Crippen LogP contribution in [0.25, 0.3) is 11.0 Å². The minimum absolute atomic E-state index is 0.0484. The minimum atomic E-state index is -0.449. The first kappa shape index (κ1) is 15.2. The summed E-state index contributed by atoms with van der Waals surface area (Å²) >= 11 is 1.31. The molecule has 0 bridgehead atoms. The number of thiazole rings is 1. The number of carbonyl (C=O) groups is 1. The predicted octanol–water partition coefficient (Wildman–Crippen LogP) is 2.81. The lowest BCUT2D eigenvalue weighted by Crippen LogP contribution is -2.11. The van der Waals surface area contributed by atoms with Gasteiger partial charge in [-0.05, 0) is 24.6 Å². The van der Waals surface area contributed by atoms with Crippen molar-refractivity contribution in [2.75, 3.05) is 5.32 Å². The van der Waals surface area contributed by atoms with Crippen molar-refractivity contribution in [3.63, 3.8) is 0 Å². The Bertz CT molecular complexity index is 958. The second-order valence-electron chi connectivity index (χ2n) is 5.18. The Hall–Kier alpha value is -2.67. The lowest BCUT2D eigenvalue weighted by molar-refractivity contribution is -0.114. The molecule has 2 heterocycles. The summed E-state index contributed by atoms with van der Waals surface area (Å²) in [5.41, 5.74) is 1.91. The number of nitrogens with zero attached hydrogens (tertiary/aromatic N) is 1. The first-order chi connectivity index (χ1) is 10.9. The third-order valence-electron chi connectivity index (χ3n) is 3.46. The van der Waals surface area contributed by atoms with Gasteiger partial charge in [-0.2, -0.15) is 0 Å². The van der Waals surface area contributed by atoms with Crippen LogP contribution in [0.15, 0.2) is 32.8 Å². The molecule has 118 valence electrons. The van der Waals surface area contributed by atoms with Crippen molar-refractivity contribution in [1.82, 2.24) is 4.98 Å². The quantitative estimate of drug-likeness (QED) is 0.720. The highest BCUT2D eigenvalue weighted by molar-refractivity contribution is 7.13. The van der Waals surface area contributed by atoms with Gasteiger partial charge in [0, 0.05) is 35.7 Å². The van der Waals surface area contributed by atoms with Gasteiger partial charge in [0.05, 0.1) is 5.69 Å². The van der Waals surface area contributed by atoms with Crippen LogP contribution in [0, 0.1) is 6.92 Å². The average molecular weight is 330 g/mol. The normalized spacial score (nSPS) is 10.9. The van der Waals surface area contributed by atoms with Gasteiger partial charge < -0.3 is 14.8 Å². The number of aromatic nitrogens is 1. The van der Waals surface area contributed by atoms with Gasteiger partial charge in [0.25, 0.3) is 0 Å². The fourth-order valence-corrected chi connectivity index (χ4v) is 3.12. The molecule has 2 aromatic heterocycles. The third-order valence-corrected chi connectivity index (χ3v) is 4.27. The predicted molar refractivity (Wildman–Crippen MR) is 88.1 cm³/mol. The van der Waals surface area contributed by atoms with Gasteiger partial charge >= 0.3 is 5.63 Å². The number of amides is 1. The second-order valence-corrected chi connectivity index (χ2v) is 6.03. The van der Waals surface area contributed by atoms with Crippen molar-refractivity contribution in [1.29, 1.82) is 0 Å². The highest BCUT2D eigenvalue weighted by atomic mass is 32.1. The molecular formula is C16H14N2O4S. The van der Waals surface area contributed by atoms with Crippen molar-refractivity contribution in [2.24, 2.45) is 0 Å². The van der Waals surface area contributed by atoms with E-state index in [1.165, 1.54) is 24.3 Å². The topological polar surface area (TPSA) is 92.4 Å². The molecule has 0 saturated heterocycles. The Morgan fingerprint density at radius 1 is 1.43 bits per heavy atom. The van der Waals surface area contributed by atoms with E-state index in [0.29, 0.717) is 28.4 Å². The van der Waals surface area contributed by atoms with Gasteiger partial charge in [-0.25, -0.2) is 9.78 Å². The number of rotatable bonds is 3. The second kappa shape index (κ2) is 5.85. The molecule has 0 atom stereocenters. The van der Waals surface area contributed by atoms with E-state index in [2.05, 4.69) is 10.3 Å². The third kappa shape index (κ3) is 3.09. The lowest BCUT2D eigenvalue weighted by Gasteiger charge is -2.06. The Labute approximate surface area is 135 Å². The largest absolute Gasteiger partial charge is 0.508 e. The maximum Gasteiger partial charge on any atom is 0.340 e. The van der Waals surface area contributed by atoms with Crippen LogP contribution in [-0.4, -0.2) is 16.0 Å². The van der Waals surface area contributed by atoms with E-state index >= 15 is 0 Å². The summed E-state index contributed by atoms with van der Waals surface area (Å²) in [7, 11) is 0. The molecule has 1 aromatic carbocycles. The molecule has 2 N–H and O–H groups in total. The van der Waals surface area contributed by atoms with Crippen LogP contribution in [0.1, 0.15) is 23.7 Å². The first-order valence-electron chi connectivity index (χ1n) is 6.91. The molecular weight excluding hydrogens is 316 g/mol. The first-order valence-corrected chi connectivity index (χ1v) is 7.79. The van der Waals surface area contributed by atoms with Crippen molar-refractivity contribution >= 4 is 33.3 Å². The molecule has 0 aliphatic carbocycles. The van der Waals surface area contributed by atoms with Crippen molar-refractivity contribution in [3.8, 4) is 5.75 Å². The van der Waals surface area contributed by atoms with Crippen molar-refractivity contribution in [2.45, 2.75) is 20.3 Å². The number of carbonyl (C=O) groups excluding carboxylic acids is 1.